The molecule has 3 aliphatic rings. The highest BCUT2D eigenvalue weighted by molar-refractivity contribution is 5.83. The minimum atomic E-state index is -0.153. The number of likely N-dealkylation sites (tertiary alicyclic amines) is 2. The van der Waals surface area contributed by atoms with Crippen LogP contribution in [-0.2, 0) is 16.1 Å². The number of piperidine rings is 1. The summed E-state index contributed by atoms with van der Waals surface area (Å²) in [6, 6.07) is 7.60. The molecule has 3 heterocycles. The largest absolute Gasteiger partial charge is 0.497 e. The van der Waals surface area contributed by atoms with Crippen LogP contribution in [0.25, 0.3) is 0 Å². The van der Waals surface area contributed by atoms with Crippen LogP contribution in [0.4, 0.5) is 4.79 Å². The fraction of sp³-hybridized carbons (Fsp3) is 0.652. The van der Waals surface area contributed by atoms with Crippen LogP contribution in [0.1, 0.15) is 37.7 Å². The normalized spacial score (nSPS) is 23.4. The molecule has 1 unspecified atom stereocenters. The van der Waals surface area contributed by atoms with Gasteiger partial charge >= 0.3 is 6.03 Å². The van der Waals surface area contributed by atoms with Crippen molar-refractivity contribution in [2.75, 3.05) is 46.5 Å². The Morgan fingerprint density at radius 2 is 1.93 bits per heavy atom. The Morgan fingerprint density at radius 1 is 1.17 bits per heavy atom. The van der Waals surface area contributed by atoms with E-state index < -0.39 is 0 Å². The van der Waals surface area contributed by atoms with Gasteiger partial charge in [0.1, 0.15) is 5.75 Å². The molecule has 3 saturated heterocycles. The Hall–Kier alpha value is -2.28. The number of amides is 3. The van der Waals surface area contributed by atoms with Gasteiger partial charge in [-0.05, 0) is 49.8 Å². The molecule has 0 radical (unpaired) electrons. The Bertz CT molecular complexity index is 757. The van der Waals surface area contributed by atoms with Crippen molar-refractivity contribution in [2.24, 2.45) is 11.3 Å². The summed E-state index contributed by atoms with van der Waals surface area (Å²) in [5, 5.41) is 3.03. The molecule has 0 aliphatic carbocycles. The number of nitrogens with zero attached hydrogens (tertiary/aromatic N) is 2. The van der Waals surface area contributed by atoms with Gasteiger partial charge in [-0.25, -0.2) is 4.79 Å². The number of ether oxygens (including phenoxy) is 2. The first-order chi connectivity index (χ1) is 14.6. The van der Waals surface area contributed by atoms with E-state index >= 15 is 0 Å². The van der Waals surface area contributed by atoms with Crippen LogP contribution in [0.2, 0.25) is 0 Å². The second-order valence-corrected chi connectivity index (χ2v) is 8.80. The SMILES string of the molecule is COc1cccc(CNC(=O)N2CC(C(=O)N3CCCCC3)C3(CCOCC3)C2)c1. The lowest BCUT2D eigenvalue weighted by Gasteiger charge is -2.39. The van der Waals surface area contributed by atoms with Gasteiger partial charge in [0.05, 0.1) is 13.0 Å². The van der Waals surface area contributed by atoms with Crippen molar-refractivity contribution in [3.05, 3.63) is 29.8 Å². The molecule has 3 amide bonds. The van der Waals surface area contributed by atoms with Gasteiger partial charge in [-0.15, -0.1) is 0 Å². The summed E-state index contributed by atoms with van der Waals surface area (Å²) in [5.74, 6) is 0.887. The van der Waals surface area contributed by atoms with E-state index in [4.69, 9.17) is 9.47 Å². The topological polar surface area (TPSA) is 71.1 Å². The van der Waals surface area contributed by atoms with Crippen molar-refractivity contribution in [1.29, 1.82) is 0 Å². The minimum absolute atomic E-state index is 0.0994. The summed E-state index contributed by atoms with van der Waals surface area (Å²) in [6.07, 6.45) is 5.05. The molecular formula is C23H33N3O4. The number of methoxy groups -OCH3 is 1. The van der Waals surface area contributed by atoms with E-state index in [1.165, 1.54) is 6.42 Å². The number of carbonyl (C=O) groups excluding carboxylic acids is 2. The molecule has 1 aromatic rings. The van der Waals surface area contributed by atoms with Gasteiger partial charge < -0.3 is 24.6 Å². The predicted octanol–water partition coefficient (Wildman–Crippen LogP) is 2.65. The van der Waals surface area contributed by atoms with Gasteiger partial charge in [-0.3, -0.25) is 4.79 Å². The lowest BCUT2D eigenvalue weighted by molar-refractivity contribution is -0.141. The molecule has 30 heavy (non-hydrogen) atoms. The highest BCUT2D eigenvalue weighted by Crippen LogP contribution is 2.45. The van der Waals surface area contributed by atoms with Crippen LogP contribution in [0.15, 0.2) is 24.3 Å². The highest BCUT2D eigenvalue weighted by Gasteiger charge is 2.52. The molecule has 0 saturated carbocycles. The average Bonchev–Trinajstić information content (AvgIpc) is 3.16. The molecule has 0 bridgehead atoms. The zero-order chi connectivity index (χ0) is 21.0. The molecule has 4 rings (SSSR count). The molecule has 1 atom stereocenters. The summed E-state index contributed by atoms with van der Waals surface area (Å²) in [5.41, 5.74) is 0.837. The summed E-state index contributed by atoms with van der Waals surface area (Å²) >= 11 is 0. The number of carbonyl (C=O) groups is 2. The quantitative estimate of drug-likeness (QED) is 0.821. The summed E-state index contributed by atoms with van der Waals surface area (Å²) in [6.45, 7) is 4.61. The second-order valence-electron chi connectivity index (χ2n) is 8.80. The average molecular weight is 416 g/mol. The minimum Gasteiger partial charge on any atom is -0.497 e. The van der Waals surface area contributed by atoms with E-state index in [1.54, 1.807) is 7.11 Å². The Labute approximate surface area is 178 Å². The summed E-state index contributed by atoms with van der Waals surface area (Å²) in [4.78, 5) is 30.3. The lowest BCUT2D eigenvalue weighted by Crippen LogP contribution is -2.47. The van der Waals surface area contributed by atoms with Crippen LogP contribution in [-0.4, -0.2) is 68.2 Å². The number of benzene rings is 1. The molecule has 7 heteroatoms. The van der Waals surface area contributed by atoms with E-state index in [0.29, 0.717) is 32.8 Å². The van der Waals surface area contributed by atoms with Crippen molar-refractivity contribution in [1.82, 2.24) is 15.1 Å². The maximum absolute atomic E-state index is 13.4. The predicted molar refractivity (Wildman–Crippen MR) is 113 cm³/mol. The van der Waals surface area contributed by atoms with E-state index in [9.17, 15) is 9.59 Å². The van der Waals surface area contributed by atoms with Gasteiger partial charge in [0, 0.05) is 51.4 Å². The Kier molecular flexibility index (Phi) is 6.46. The van der Waals surface area contributed by atoms with Crippen LogP contribution in [0.5, 0.6) is 5.75 Å². The zero-order valence-electron chi connectivity index (χ0n) is 17.9. The van der Waals surface area contributed by atoms with Crippen LogP contribution >= 0.6 is 0 Å². The van der Waals surface area contributed by atoms with Gasteiger partial charge in [-0.2, -0.15) is 0 Å². The molecule has 164 valence electrons. The van der Waals surface area contributed by atoms with Crippen molar-refractivity contribution in [3.8, 4) is 5.75 Å². The molecule has 1 aromatic carbocycles. The van der Waals surface area contributed by atoms with Gasteiger partial charge in [0.25, 0.3) is 0 Å². The molecule has 3 aliphatic heterocycles. The molecule has 0 aromatic heterocycles. The number of nitrogens with one attached hydrogen (secondary N) is 1. The number of urea groups is 1. The first-order valence-corrected chi connectivity index (χ1v) is 11.1. The van der Waals surface area contributed by atoms with Gasteiger partial charge in [0.2, 0.25) is 5.91 Å². The Morgan fingerprint density at radius 3 is 2.67 bits per heavy atom. The van der Waals surface area contributed by atoms with Gasteiger partial charge in [0.15, 0.2) is 0 Å². The summed E-state index contributed by atoms with van der Waals surface area (Å²) < 4.78 is 10.9. The molecule has 7 nitrogen and oxygen atoms in total. The third kappa shape index (κ3) is 4.41. The highest BCUT2D eigenvalue weighted by atomic mass is 16.5. The van der Waals surface area contributed by atoms with Crippen LogP contribution < -0.4 is 10.1 Å². The third-order valence-electron chi connectivity index (χ3n) is 6.97. The second kappa shape index (κ2) is 9.25. The van der Waals surface area contributed by atoms with E-state index in [-0.39, 0.29) is 23.3 Å². The van der Waals surface area contributed by atoms with Crippen LogP contribution in [0.3, 0.4) is 0 Å². The third-order valence-corrected chi connectivity index (χ3v) is 6.97. The summed E-state index contributed by atoms with van der Waals surface area (Å²) in [7, 11) is 1.63. The smallest absolute Gasteiger partial charge is 0.317 e. The van der Waals surface area contributed by atoms with Crippen molar-refractivity contribution >= 4 is 11.9 Å². The van der Waals surface area contributed by atoms with Gasteiger partial charge in [-0.1, -0.05) is 12.1 Å². The van der Waals surface area contributed by atoms with E-state index in [0.717, 1.165) is 50.1 Å². The van der Waals surface area contributed by atoms with E-state index in [1.807, 2.05) is 34.1 Å². The molecule has 3 fully saturated rings. The number of rotatable bonds is 4. The first kappa shape index (κ1) is 21.0. The maximum Gasteiger partial charge on any atom is 0.317 e. The Balaban J connectivity index is 1.43. The lowest BCUT2D eigenvalue weighted by atomic mass is 9.71. The van der Waals surface area contributed by atoms with Crippen LogP contribution in [0, 0.1) is 11.3 Å². The fourth-order valence-corrected chi connectivity index (χ4v) is 5.15. The van der Waals surface area contributed by atoms with Crippen molar-refractivity contribution in [2.45, 2.75) is 38.6 Å². The first-order valence-electron chi connectivity index (χ1n) is 11.1. The monoisotopic (exact) mass is 415 g/mol. The zero-order valence-corrected chi connectivity index (χ0v) is 17.9. The fourth-order valence-electron chi connectivity index (χ4n) is 5.15. The molecular weight excluding hydrogens is 382 g/mol. The molecule has 1 spiro atoms. The number of hydrogen-bond donors (Lipinski definition) is 1. The number of hydrogen-bond acceptors (Lipinski definition) is 4. The van der Waals surface area contributed by atoms with E-state index in [2.05, 4.69) is 5.32 Å². The molecule has 1 N–H and O–H groups in total. The van der Waals surface area contributed by atoms with Crippen molar-refractivity contribution < 1.29 is 19.1 Å². The maximum atomic E-state index is 13.4. The standard InChI is InChI=1S/C23H33N3O4/c1-29-19-7-5-6-18(14-19)15-24-22(28)26-16-20(21(27)25-10-3-2-4-11-25)23(17-26)8-12-30-13-9-23/h5-7,14,20H,2-4,8-13,15-17H2,1H3,(H,24,28). The van der Waals surface area contributed by atoms with Crippen molar-refractivity contribution in [3.63, 3.8) is 0 Å².